The lowest BCUT2D eigenvalue weighted by molar-refractivity contribution is -0.123. The molecule has 5 nitrogen and oxygen atoms in total. The Morgan fingerprint density at radius 2 is 2.25 bits per heavy atom. The molecule has 1 saturated heterocycles. The van der Waals surface area contributed by atoms with Gasteiger partial charge in [0, 0.05) is 31.4 Å². The summed E-state index contributed by atoms with van der Waals surface area (Å²) in [5.41, 5.74) is 7.15. The Morgan fingerprint density at radius 3 is 2.92 bits per heavy atom. The number of ether oxygens (including phenoxy) is 1. The summed E-state index contributed by atoms with van der Waals surface area (Å²) in [7, 11) is 1.68. The molecule has 1 fully saturated rings. The van der Waals surface area contributed by atoms with Crippen LogP contribution in [0.1, 0.15) is 26.7 Å². The largest absolute Gasteiger partial charge is 0.497 e. The number of nitrogens with zero attached hydrogens (tertiary/aromatic N) is 1. The van der Waals surface area contributed by atoms with Gasteiger partial charge < -0.3 is 20.7 Å². The molecule has 1 aromatic rings. The second-order valence-corrected chi connectivity index (χ2v) is 6.46. The molecule has 3 atom stereocenters. The van der Waals surface area contributed by atoms with Gasteiger partial charge >= 0.3 is 0 Å². The van der Waals surface area contributed by atoms with Gasteiger partial charge in [0.25, 0.3) is 0 Å². The van der Waals surface area contributed by atoms with Crippen LogP contribution in [-0.2, 0) is 4.79 Å². The van der Waals surface area contributed by atoms with Crippen LogP contribution in [0.2, 0.25) is 0 Å². The van der Waals surface area contributed by atoms with Crippen molar-refractivity contribution in [3.8, 4) is 5.75 Å². The van der Waals surface area contributed by atoms with Gasteiger partial charge in [0.2, 0.25) is 5.91 Å². The van der Waals surface area contributed by atoms with E-state index in [1.165, 1.54) is 5.69 Å². The van der Waals surface area contributed by atoms with E-state index < -0.39 is 6.04 Å². The molecule has 0 saturated carbocycles. The summed E-state index contributed by atoms with van der Waals surface area (Å²) in [5, 5.41) is 3.02. The van der Waals surface area contributed by atoms with Crippen LogP contribution in [0.5, 0.6) is 5.75 Å². The summed E-state index contributed by atoms with van der Waals surface area (Å²) in [6.07, 6.45) is 2.00. The topological polar surface area (TPSA) is 67.6 Å². The van der Waals surface area contributed by atoms with Crippen LogP contribution in [0.15, 0.2) is 24.3 Å². The maximum Gasteiger partial charge on any atom is 0.237 e. The fourth-order valence-electron chi connectivity index (χ4n) is 2.92. The number of carbonyl (C=O) groups excluding carboxylic acids is 1. The Labute approximate surface area is 151 Å². The summed E-state index contributed by atoms with van der Waals surface area (Å²) >= 11 is 0. The molecule has 136 valence electrons. The van der Waals surface area contributed by atoms with Crippen molar-refractivity contribution in [3.05, 3.63) is 24.3 Å². The van der Waals surface area contributed by atoms with E-state index in [1.54, 1.807) is 7.11 Å². The third-order valence-corrected chi connectivity index (χ3v) is 4.83. The van der Waals surface area contributed by atoms with Gasteiger partial charge in [0.1, 0.15) is 5.75 Å². The van der Waals surface area contributed by atoms with Crippen LogP contribution in [0.3, 0.4) is 0 Å². The molecule has 0 spiro atoms. The van der Waals surface area contributed by atoms with E-state index >= 15 is 0 Å². The second kappa shape index (κ2) is 9.74. The number of anilines is 1. The average molecular weight is 356 g/mol. The number of carbonyl (C=O) groups is 1. The van der Waals surface area contributed by atoms with E-state index in [4.69, 9.17) is 10.5 Å². The molecule has 6 heteroatoms. The lowest BCUT2D eigenvalue weighted by Crippen LogP contribution is -2.46. The van der Waals surface area contributed by atoms with Crippen LogP contribution in [0.4, 0.5) is 5.69 Å². The van der Waals surface area contributed by atoms with Crippen LogP contribution < -0.4 is 20.7 Å². The molecular formula is C18H30ClN3O2. The lowest BCUT2D eigenvalue weighted by atomic mass is 9.99. The van der Waals surface area contributed by atoms with Gasteiger partial charge in [-0.1, -0.05) is 26.3 Å². The van der Waals surface area contributed by atoms with E-state index in [1.807, 2.05) is 19.1 Å². The number of halogens is 1. The van der Waals surface area contributed by atoms with Crippen molar-refractivity contribution in [2.24, 2.45) is 17.6 Å². The fraction of sp³-hybridized carbons (Fsp3) is 0.611. The Kier molecular flexibility index (Phi) is 8.36. The monoisotopic (exact) mass is 355 g/mol. The quantitative estimate of drug-likeness (QED) is 0.788. The standard InChI is InChI=1S/C18H29N3O2.ClH/c1-4-13(2)17(19)18(22)20-11-14-8-9-21(12-14)15-6-5-7-16(10-15)23-3;/h5-7,10,13-14,17H,4,8-9,11-12,19H2,1-3H3,(H,20,22);1H. The third kappa shape index (κ3) is 5.28. The summed E-state index contributed by atoms with van der Waals surface area (Å²) in [6.45, 7) is 6.73. The minimum absolute atomic E-state index is 0. The van der Waals surface area contributed by atoms with Crippen LogP contribution in [0, 0.1) is 11.8 Å². The lowest BCUT2D eigenvalue weighted by Gasteiger charge is -2.21. The highest BCUT2D eigenvalue weighted by atomic mass is 35.5. The van der Waals surface area contributed by atoms with Gasteiger partial charge in [0.05, 0.1) is 13.2 Å². The zero-order valence-electron chi connectivity index (χ0n) is 14.8. The van der Waals surface area contributed by atoms with Gasteiger partial charge in [-0.3, -0.25) is 4.79 Å². The van der Waals surface area contributed by atoms with E-state index in [0.29, 0.717) is 12.5 Å². The molecule has 24 heavy (non-hydrogen) atoms. The molecule has 1 heterocycles. The predicted octanol–water partition coefficient (Wildman–Crippen LogP) is 2.43. The van der Waals surface area contributed by atoms with Crippen molar-refractivity contribution in [2.75, 3.05) is 31.6 Å². The van der Waals surface area contributed by atoms with E-state index in [2.05, 4.69) is 29.3 Å². The molecule has 3 unspecified atom stereocenters. The average Bonchev–Trinajstić information content (AvgIpc) is 3.07. The van der Waals surface area contributed by atoms with Gasteiger partial charge in [-0.25, -0.2) is 0 Å². The number of rotatable bonds is 7. The van der Waals surface area contributed by atoms with E-state index in [-0.39, 0.29) is 24.2 Å². The summed E-state index contributed by atoms with van der Waals surface area (Å²) in [4.78, 5) is 14.4. The summed E-state index contributed by atoms with van der Waals surface area (Å²) < 4.78 is 5.28. The zero-order chi connectivity index (χ0) is 16.8. The SMILES string of the molecule is CCC(C)C(N)C(=O)NCC1CCN(c2cccc(OC)c2)C1.Cl. The van der Waals surface area contributed by atoms with E-state index in [9.17, 15) is 4.79 Å². The number of nitrogens with one attached hydrogen (secondary N) is 1. The minimum Gasteiger partial charge on any atom is -0.497 e. The number of nitrogens with two attached hydrogens (primary N) is 1. The number of benzene rings is 1. The van der Waals surface area contributed by atoms with Crippen molar-refractivity contribution in [2.45, 2.75) is 32.7 Å². The summed E-state index contributed by atoms with van der Waals surface area (Å²) in [5.74, 6) is 1.53. The summed E-state index contributed by atoms with van der Waals surface area (Å²) in [6, 6.07) is 7.71. The molecule has 1 aliphatic rings. The molecule has 3 N–H and O–H groups in total. The number of amides is 1. The molecule has 1 aliphatic heterocycles. The van der Waals surface area contributed by atoms with Gasteiger partial charge in [-0.2, -0.15) is 0 Å². The second-order valence-electron chi connectivity index (χ2n) is 6.46. The predicted molar refractivity (Wildman–Crippen MR) is 101 cm³/mol. The van der Waals surface area contributed by atoms with E-state index in [0.717, 1.165) is 31.7 Å². The molecule has 0 radical (unpaired) electrons. The molecule has 1 aromatic carbocycles. The molecule has 1 amide bonds. The molecule has 0 aliphatic carbocycles. The normalized spacial score (nSPS) is 19.3. The maximum absolute atomic E-state index is 12.1. The first-order valence-corrected chi connectivity index (χ1v) is 8.47. The molecule has 2 rings (SSSR count). The highest BCUT2D eigenvalue weighted by molar-refractivity contribution is 5.85. The minimum atomic E-state index is -0.407. The first-order chi connectivity index (χ1) is 11.0. The Morgan fingerprint density at radius 1 is 1.50 bits per heavy atom. The van der Waals surface area contributed by atoms with Gasteiger partial charge in [-0.15, -0.1) is 12.4 Å². The number of hydrogen-bond donors (Lipinski definition) is 2. The highest BCUT2D eigenvalue weighted by Gasteiger charge is 2.25. The van der Waals surface area contributed by atoms with Crippen molar-refractivity contribution >= 4 is 24.0 Å². The number of methoxy groups -OCH3 is 1. The number of hydrogen-bond acceptors (Lipinski definition) is 4. The Bertz CT molecular complexity index is 527. The Hall–Kier alpha value is -1.46. The molecule has 0 aromatic heterocycles. The zero-order valence-corrected chi connectivity index (χ0v) is 15.6. The van der Waals surface area contributed by atoms with Crippen LogP contribution in [-0.4, -0.2) is 38.7 Å². The first kappa shape index (κ1) is 20.6. The smallest absolute Gasteiger partial charge is 0.237 e. The maximum atomic E-state index is 12.1. The van der Waals surface area contributed by atoms with Gasteiger partial charge in [0.15, 0.2) is 0 Å². The fourth-order valence-corrected chi connectivity index (χ4v) is 2.92. The molecular weight excluding hydrogens is 326 g/mol. The highest BCUT2D eigenvalue weighted by Crippen LogP contribution is 2.26. The molecule has 0 bridgehead atoms. The van der Waals surface area contributed by atoms with Crippen molar-refractivity contribution in [1.29, 1.82) is 0 Å². The van der Waals surface area contributed by atoms with Gasteiger partial charge in [-0.05, 0) is 30.4 Å². The van der Waals surface area contributed by atoms with Crippen LogP contribution >= 0.6 is 12.4 Å². The first-order valence-electron chi connectivity index (χ1n) is 8.47. The van der Waals surface area contributed by atoms with Crippen molar-refractivity contribution in [3.63, 3.8) is 0 Å². The Balaban J connectivity index is 0.00000288. The van der Waals surface area contributed by atoms with Crippen molar-refractivity contribution in [1.82, 2.24) is 5.32 Å². The van der Waals surface area contributed by atoms with Crippen LogP contribution in [0.25, 0.3) is 0 Å². The van der Waals surface area contributed by atoms with Crippen molar-refractivity contribution < 1.29 is 9.53 Å². The third-order valence-electron chi connectivity index (χ3n) is 4.83.